The highest BCUT2D eigenvalue weighted by atomic mass is 32.1. The van der Waals surface area contributed by atoms with Gasteiger partial charge in [0.1, 0.15) is 10.8 Å². The van der Waals surface area contributed by atoms with Gasteiger partial charge in [-0.25, -0.2) is 4.98 Å². The Kier molecular flexibility index (Phi) is 3.77. The molecule has 1 saturated heterocycles. The van der Waals surface area contributed by atoms with Crippen LogP contribution in [0.5, 0.6) is 5.75 Å². The van der Waals surface area contributed by atoms with Gasteiger partial charge in [0, 0.05) is 17.7 Å². The fraction of sp³-hybridized carbons (Fsp3) is 0.296. The first kappa shape index (κ1) is 18.8. The molecule has 2 spiro atoms. The molecule has 1 fully saturated rings. The summed E-state index contributed by atoms with van der Waals surface area (Å²) in [5.74, 6) is 1.02. The summed E-state index contributed by atoms with van der Waals surface area (Å²) in [6, 6.07) is 14.9. The van der Waals surface area contributed by atoms with Crippen LogP contribution >= 0.6 is 11.3 Å². The number of likely N-dealkylation sites (N-methyl/N-ethyl adjacent to an activating group) is 1. The lowest BCUT2D eigenvalue weighted by atomic mass is 9.42. The van der Waals surface area contributed by atoms with E-state index < -0.39 is 0 Å². The smallest absolute Gasteiger partial charge is 0.127 e. The molecule has 4 nitrogen and oxygen atoms in total. The molecular weight excluding hydrogens is 416 g/mol. The van der Waals surface area contributed by atoms with Crippen LogP contribution in [0.25, 0.3) is 10.2 Å². The molecule has 2 unspecified atom stereocenters. The van der Waals surface area contributed by atoms with Crippen LogP contribution in [0, 0.1) is 0 Å². The van der Waals surface area contributed by atoms with Gasteiger partial charge in [-0.1, -0.05) is 54.6 Å². The molecule has 3 aromatic rings. The number of piperidine rings is 1. The molecular formula is C27H24N2O2S. The van der Waals surface area contributed by atoms with E-state index in [1.54, 1.807) is 18.4 Å². The molecule has 160 valence electrons. The number of fused-ring (bicyclic) bond motifs is 5. The van der Waals surface area contributed by atoms with Crippen molar-refractivity contribution in [2.45, 2.75) is 30.1 Å². The van der Waals surface area contributed by atoms with E-state index in [1.165, 1.54) is 27.0 Å². The summed E-state index contributed by atoms with van der Waals surface area (Å²) in [6.07, 6.45) is 10.1. The second kappa shape index (κ2) is 6.41. The van der Waals surface area contributed by atoms with Gasteiger partial charge in [0.15, 0.2) is 0 Å². The van der Waals surface area contributed by atoms with Crippen LogP contribution in [0.15, 0.2) is 77.9 Å². The zero-order chi connectivity index (χ0) is 21.5. The molecule has 32 heavy (non-hydrogen) atoms. The Morgan fingerprint density at radius 3 is 2.69 bits per heavy atom. The number of ether oxygens (including phenoxy) is 2. The number of hydrogen-bond donors (Lipinski definition) is 0. The zero-order valence-corrected chi connectivity index (χ0v) is 19.0. The largest absolute Gasteiger partial charge is 0.496 e. The number of hydrogen-bond acceptors (Lipinski definition) is 5. The van der Waals surface area contributed by atoms with E-state index in [0.717, 1.165) is 29.2 Å². The molecule has 3 aliphatic carbocycles. The van der Waals surface area contributed by atoms with Crippen molar-refractivity contribution in [1.82, 2.24) is 9.88 Å². The molecule has 0 amide bonds. The molecule has 7 rings (SSSR count). The monoisotopic (exact) mass is 440 g/mol. The van der Waals surface area contributed by atoms with Gasteiger partial charge < -0.3 is 9.47 Å². The second-order valence-corrected chi connectivity index (χ2v) is 10.2. The minimum Gasteiger partial charge on any atom is -0.496 e. The highest BCUT2D eigenvalue weighted by molar-refractivity contribution is 7.18. The van der Waals surface area contributed by atoms with E-state index in [-0.39, 0.29) is 17.1 Å². The first-order valence-corrected chi connectivity index (χ1v) is 12.0. The van der Waals surface area contributed by atoms with Crippen molar-refractivity contribution in [3.63, 3.8) is 0 Å². The van der Waals surface area contributed by atoms with Gasteiger partial charge in [0.2, 0.25) is 0 Å². The van der Waals surface area contributed by atoms with Crippen molar-refractivity contribution >= 4 is 21.6 Å². The maximum Gasteiger partial charge on any atom is 0.127 e. The van der Waals surface area contributed by atoms with Crippen molar-refractivity contribution in [3.05, 3.63) is 94.0 Å². The van der Waals surface area contributed by atoms with Crippen LogP contribution in [0.3, 0.4) is 0 Å². The molecule has 1 aromatic heterocycles. The van der Waals surface area contributed by atoms with Crippen LogP contribution < -0.4 is 4.74 Å². The molecule has 5 heteroatoms. The van der Waals surface area contributed by atoms with E-state index in [1.807, 2.05) is 6.07 Å². The van der Waals surface area contributed by atoms with E-state index in [4.69, 9.17) is 14.5 Å². The predicted molar refractivity (Wildman–Crippen MR) is 127 cm³/mol. The van der Waals surface area contributed by atoms with Gasteiger partial charge in [0.25, 0.3) is 0 Å². The fourth-order valence-corrected chi connectivity index (χ4v) is 7.63. The third kappa shape index (κ3) is 1.99. The Labute approximate surface area is 191 Å². The van der Waals surface area contributed by atoms with Crippen molar-refractivity contribution in [1.29, 1.82) is 0 Å². The van der Waals surface area contributed by atoms with Crippen molar-refractivity contribution in [2.24, 2.45) is 0 Å². The lowest BCUT2D eigenvalue weighted by Crippen LogP contribution is -2.76. The lowest BCUT2D eigenvalue weighted by molar-refractivity contribution is -0.0939. The highest BCUT2D eigenvalue weighted by Crippen LogP contribution is 2.70. The fourth-order valence-electron chi connectivity index (χ4n) is 6.74. The van der Waals surface area contributed by atoms with Gasteiger partial charge >= 0.3 is 0 Å². The molecule has 4 aliphatic rings. The summed E-state index contributed by atoms with van der Waals surface area (Å²) < 4.78 is 13.9. The Morgan fingerprint density at radius 2 is 1.97 bits per heavy atom. The highest BCUT2D eigenvalue weighted by Gasteiger charge is 2.72. The van der Waals surface area contributed by atoms with Crippen LogP contribution in [0.4, 0.5) is 0 Å². The van der Waals surface area contributed by atoms with Gasteiger partial charge in [0.05, 0.1) is 41.0 Å². The van der Waals surface area contributed by atoms with Crippen molar-refractivity contribution in [2.75, 3.05) is 20.7 Å². The normalized spacial score (nSPS) is 26.6. The van der Waals surface area contributed by atoms with Gasteiger partial charge in [-0.05, 0) is 36.7 Å². The van der Waals surface area contributed by atoms with E-state index in [9.17, 15) is 0 Å². The summed E-state index contributed by atoms with van der Waals surface area (Å²) in [5, 5.41) is 1.04. The van der Waals surface area contributed by atoms with Crippen molar-refractivity contribution in [3.8, 4) is 5.75 Å². The predicted octanol–water partition coefficient (Wildman–Crippen LogP) is 5.00. The Balaban J connectivity index is 1.33. The van der Waals surface area contributed by atoms with Crippen LogP contribution in [-0.4, -0.2) is 42.2 Å². The van der Waals surface area contributed by atoms with E-state index in [0.29, 0.717) is 6.61 Å². The molecule has 0 saturated carbocycles. The Hall–Kier alpha value is -2.73. The number of para-hydroxylation sites is 2. The third-order valence-corrected chi connectivity index (χ3v) is 8.88. The number of likely N-dealkylation sites (tertiary alicyclic amines) is 1. The minimum atomic E-state index is -0.253. The number of rotatable bonds is 4. The first-order valence-electron chi connectivity index (χ1n) is 11.2. The third-order valence-electron chi connectivity index (χ3n) is 7.87. The number of thiazole rings is 1. The van der Waals surface area contributed by atoms with Gasteiger partial charge in [-0.2, -0.15) is 0 Å². The molecule has 2 atom stereocenters. The first-order chi connectivity index (χ1) is 15.7. The van der Waals surface area contributed by atoms with Crippen LogP contribution in [0.1, 0.15) is 22.6 Å². The average molecular weight is 441 g/mol. The van der Waals surface area contributed by atoms with Gasteiger partial charge in [-0.3, -0.25) is 4.90 Å². The molecule has 2 aromatic carbocycles. The second-order valence-electron chi connectivity index (χ2n) is 9.07. The van der Waals surface area contributed by atoms with E-state index >= 15 is 0 Å². The number of aromatic nitrogens is 1. The Bertz CT molecular complexity index is 1300. The maximum atomic E-state index is 6.81. The minimum absolute atomic E-state index is 0.0504. The SMILES string of the molecule is COc1c2cccc1C21C(OCc2nc3ccccc3s2)CCN(C)C12c1cccc2c1. The number of benzene rings is 2. The quantitative estimate of drug-likeness (QED) is 0.572. The molecule has 4 bridgehead atoms. The average Bonchev–Trinajstić information content (AvgIpc) is 3.26. The summed E-state index contributed by atoms with van der Waals surface area (Å²) in [5.41, 5.74) is 5.90. The van der Waals surface area contributed by atoms with Crippen LogP contribution in [0.2, 0.25) is 0 Å². The Morgan fingerprint density at radius 1 is 1.12 bits per heavy atom. The van der Waals surface area contributed by atoms with Crippen molar-refractivity contribution < 1.29 is 9.47 Å². The van der Waals surface area contributed by atoms with E-state index in [2.05, 4.69) is 72.6 Å². The number of methoxy groups -OCH3 is 1. The van der Waals surface area contributed by atoms with Gasteiger partial charge in [-0.15, -0.1) is 11.3 Å². The molecule has 0 N–H and O–H groups in total. The molecule has 0 radical (unpaired) electrons. The summed E-state index contributed by atoms with van der Waals surface area (Å²) in [4.78, 5) is 7.35. The zero-order valence-electron chi connectivity index (χ0n) is 18.2. The topological polar surface area (TPSA) is 34.6 Å². The number of nitrogens with zero attached hydrogens (tertiary/aromatic N) is 2. The summed E-state index contributed by atoms with van der Waals surface area (Å²) >= 11 is 1.73. The summed E-state index contributed by atoms with van der Waals surface area (Å²) in [7, 11) is 4.04. The van der Waals surface area contributed by atoms with Crippen LogP contribution in [-0.2, 0) is 16.8 Å². The standard InChI is InChI=1S/C27H24N2O2S/c1-29-14-13-23(31-16-24-28-21-11-3-4-12-22(21)32-24)26(19-9-6-10-20(26)25(19)30-2)27(29)17-7-5-8-18(27)15-17/h3-12,15,23H,13-14,16H2,1-2H3. The summed E-state index contributed by atoms with van der Waals surface area (Å²) in [6.45, 7) is 1.52. The lowest BCUT2D eigenvalue weighted by Gasteiger charge is -2.69. The maximum absolute atomic E-state index is 6.81. The number of allylic oxidation sites excluding steroid dienone is 2. The molecule has 1 aliphatic heterocycles. The molecule has 2 heterocycles.